The minimum absolute atomic E-state index is 0. The molecule has 10 aliphatic carbocycles. The molecule has 0 amide bonds. The number of carboxylic acid groups (broad SMARTS) is 6. The highest BCUT2D eigenvalue weighted by Gasteiger charge is 2.74. The largest absolute Gasteiger partial charge is 0.481 e. The molecule has 4 saturated heterocycles. The van der Waals surface area contributed by atoms with Gasteiger partial charge in [0.1, 0.15) is 73.2 Å². The molecule has 0 radical (unpaired) electrons. The number of fused-ring (bicyclic) bond motifs is 14. The van der Waals surface area contributed by atoms with Gasteiger partial charge in [-0.15, -0.1) is 0 Å². The molecule has 4 aliphatic heterocycles. The molecule has 724 valence electrons. The van der Waals surface area contributed by atoms with Gasteiger partial charge in [-0.1, -0.05) is 94.2 Å². The molecule has 125 heavy (non-hydrogen) atoms. The Labute approximate surface area is 725 Å². The number of carbonyl (C=O) groups excluding carboxylic acids is 2. The number of aliphatic hydroxyl groups is 10. The van der Waals surface area contributed by atoms with Crippen molar-refractivity contribution in [2.75, 3.05) is 0 Å². The van der Waals surface area contributed by atoms with E-state index >= 15 is 0 Å². The molecule has 0 bridgehead atoms. The normalized spacial score (nSPS) is 48.8. The van der Waals surface area contributed by atoms with Gasteiger partial charge < -0.3 is 172 Å². The predicted octanol–water partition coefficient (Wildman–Crippen LogP) is 1.02. The first-order chi connectivity index (χ1) is 53.5. The maximum Gasteiger partial charge on any atom is 0.335 e. The molecule has 14 rings (SSSR count). The van der Waals surface area contributed by atoms with Crippen LogP contribution >= 0.6 is 0 Å². The average Bonchev–Trinajstić information content (AvgIpc) is 0.675. The summed E-state index contributed by atoms with van der Waals surface area (Å²) >= 11 is 0. The summed E-state index contributed by atoms with van der Waals surface area (Å²) in [7, 11) is 0. The van der Waals surface area contributed by atoms with E-state index in [2.05, 4.69) is 55.4 Å². The van der Waals surface area contributed by atoms with Crippen LogP contribution in [0.3, 0.4) is 0 Å². The lowest BCUT2D eigenvalue weighted by molar-refractivity contribution is -0.371. The van der Waals surface area contributed by atoms with Gasteiger partial charge in [-0.3, -0.25) is 19.2 Å². The van der Waals surface area contributed by atoms with Crippen LogP contribution in [0, 0.1) is 100 Å². The molecule has 8 saturated carbocycles. The topological polar surface area (TPSA) is 832 Å². The summed E-state index contributed by atoms with van der Waals surface area (Å²) in [5, 5.41) is 166. The van der Waals surface area contributed by atoms with Crippen molar-refractivity contribution in [3.05, 3.63) is 23.3 Å². The zero-order valence-electron chi connectivity index (χ0n) is 74.1. The van der Waals surface area contributed by atoms with Crippen LogP contribution in [0.4, 0.5) is 0 Å². The lowest BCUT2D eigenvalue weighted by Crippen LogP contribution is -2.68. The smallest absolute Gasteiger partial charge is 0.335 e. The number of ether oxygens (including phenoxy) is 8. The van der Waals surface area contributed by atoms with E-state index in [0.29, 0.717) is 51.4 Å². The van der Waals surface area contributed by atoms with E-state index in [1.807, 2.05) is 53.7 Å². The molecule has 0 aromatic heterocycles. The van der Waals surface area contributed by atoms with E-state index in [1.54, 1.807) is 0 Å². The van der Waals surface area contributed by atoms with E-state index in [-0.39, 0.29) is 121 Å². The van der Waals surface area contributed by atoms with Crippen molar-refractivity contribution in [3.8, 4) is 0 Å². The molecule has 38 N–H and O–H groups in total. The lowest BCUT2D eigenvalue weighted by atomic mass is 9.33. The number of aliphatic carboxylic acids is 6. The molecule has 4 heterocycles. The Kier molecular flexibility index (Phi) is 33.7. The van der Waals surface area contributed by atoms with Crippen LogP contribution in [0.25, 0.3) is 0 Å². The SMILES string of the molecule is CC1(C)[C@@H](O[C@@H]2O[C@H](C(=O)O)[C@@H](O)[C@H](O)[C@H]2O[C@@H]2O[C@H](C(=O)O)[C@@H](O)[C@H](O)[C@H]2O)CC[C@]2(C)[C@H]3C(=O)C=C4[C@H]5C[C@@](C)(C(=O)O)CC[C@]5(C)CC[C@@]4(C)[C@]3(C)CC[C@@H]12.CC1(C)[C@@H](O[C@@H]2O[C@H](C(=O)O)[C@@H](O)[C@H](O)[C@H]2O[C@@H]2O[C@H](C(=O)O)[C@@H](O)[C@H](O)[C@H]2O)CC[C@]2(C)[C@H]3C(=O)C=C4[C@H]5C[C@@](C)(C(=O)O)CC[C@]5(C)CC[C@@]4(C)[C@]3(C)CC[C@@H]12.N.N.N.N.O.O.O.O.O. The van der Waals surface area contributed by atoms with Crippen LogP contribution in [0.1, 0.15) is 213 Å². The van der Waals surface area contributed by atoms with Crippen LogP contribution in [0.2, 0.25) is 0 Å². The van der Waals surface area contributed by atoms with Gasteiger partial charge in [-0.2, -0.15) is 0 Å². The van der Waals surface area contributed by atoms with Gasteiger partial charge in [0, 0.05) is 11.8 Å². The predicted molar refractivity (Wildman–Crippen MR) is 437 cm³/mol. The second-order valence-electron chi connectivity index (χ2n) is 41.2. The Hall–Kier alpha value is -5.44. The quantitative estimate of drug-likeness (QED) is 0.108. The molecular formula is C84H146N4O37. The average molecular weight is 1800 g/mol. The molecule has 41 heteroatoms. The highest BCUT2D eigenvalue weighted by Crippen LogP contribution is 2.78. The standard InChI is InChI=1S/2C42H62O16.4H3N.5H2O/c2*1-37(2)21-8-11-42(7)31(20(43)16-18-19-17-39(4,36(53)54)13-12-38(19,3)14-15-41(18,42)6)40(21,5)10-9-22(37)55-35-30(26(47)25(46)29(57-35)33(51)52)58-34-27(48)23(44)24(45)28(56-34)32(49)50;;;;;;;;;/h2*16,19,21-31,34-35,44-48H,8-15,17H2,1-7H3,(H,49,50)(H,51,52)(H,53,54);4*1H3;5*1H2/t2*19-,21+,22+,23+,24+,25+,26+,27-,28+,29+,30-,31-,34+,35-,38-,39+,40+,41-,42-;;;;;;;;;/m11........./s1. The minimum atomic E-state index is -2.05. The number of ketones is 2. The first kappa shape index (κ1) is 112. The van der Waals surface area contributed by atoms with Gasteiger partial charge in [0.15, 0.2) is 61.1 Å². The first-order valence-electron chi connectivity index (χ1n) is 41.5. The molecule has 0 unspecified atom stereocenters. The van der Waals surface area contributed by atoms with Crippen molar-refractivity contribution in [3.63, 3.8) is 0 Å². The fraction of sp³-hybridized carbons (Fsp3) is 0.857. The molecule has 0 aromatic rings. The van der Waals surface area contributed by atoms with Crippen molar-refractivity contribution < 1.29 is 185 Å². The number of hydrogen-bond donors (Lipinski definition) is 20. The Morgan fingerprint density at radius 1 is 0.336 bits per heavy atom. The van der Waals surface area contributed by atoms with Gasteiger partial charge in [-0.25, -0.2) is 19.2 Å². The Bertz CT molecular complexity index is 3740. The van der Waals surface area contributed by atoms with Crippen LogP contribution in [-0.4, -0.2) is 291 Å². The van der Waals surface area contributed by atoms with Gasteiger partial charge >= 0.3 is 35.8 Å². The Morgan fingerprint density at radius 2 is 0.608 bits per heavy atom. The van der Waals surface area contributed by atoms with Crippen LogP contribution < -0.4 is 24.6 Å². The number of allylic oxidation sites excluding steroid dienone is 4. The molecule has 14 aliphatic rings. The zero-order chi connectivity index (χ0) is 85.7. The van der Waals surface area contributed by atoms with E-state index in [4.69, 9.17) is 37.9 Å². The Morgan fingerprint density at radius 3 is 0.888 bits per heavy atom. The summed E-state index contributed by atoms with van der Waals surface area (Å²) in [6.45, 7) is 29.7. The van der Waals surface area contributed by atoms with E-state index in [0.717, 1.165) is 75.4 Å². The summed E-state index contributed by atoms with van der Waals surface area (Å²) in [5.41, 5.74) is -3.62. The number of hydrogen-bond acceptors (Lipinski definition) is 30. The zero-order valence-corrected chi connectivity index (χ0v) is 74.1. The van der Waals surface area contributed by atoms with Crippen LogP contribution in [0.15, 0.2) is 23.3 Å². The molecule has 38 atom stereocenters. The molecule has 0 aromatic carbocycles. The fourth-order valence-electron chi connectivity index (χ4n) is 26.7. The lowest BCUT2D eigenvalue weighted by Gasteiger charge is -2.70. The van der Waals surface area contributed by atoms with E-state index in [1.165, 1.54) is 0 Å². The second-order valence-corrected chi connectivity index (χ2v) is 41.2. The first-order valence-corrected chi connectivity index (χ1v) is 41.5. The van der Waals surface area contributed by atoms with Crippen molar-refractivity contribution in [1.29, 1.82) is 0 Å². The van der Waals surface area contributed by atoms with Crippen molar-refractivity contribution in [2.45, 2.75) is 348 Å². The van der Waals surface area contributed by atoms with E-state index < -0.39 is 214 Å². The van der Waals surface area contributed by atoms with Crippen molar-refractivity contribution >= 4 is 47.4 Å². The van der Waals surface area contributed by atoms with Gasteiger partial charge in [0.05, 0.1) is 23.0 Å². The third-order valence-electron chi connectivity index (χ3n) is 34.4. The summed E-state index contributed by atoms with van der Waals surface area (Å²) in [5.74, 6) is -8.94. The molecule has 41 nitrogen and oxygen atoms in total. The minimum Gasteiger partial charge on any atom is -0.481 e. The third kappa shape index (κ3) is 17.1. The van der Waals surface area contributed by atoms with Crippen LogP contribution in [0.5, 0.6) is 0 Å². The maximum atomic E-state index is 14.8. The summed E-state index contributed by atoms with van der Waals surface area (Å²) in [6, 6.07) is 0. The summed E-state index contributed by atoms with van der Waals surface area (Å²) in [4.78, 5) is 103. The van der Waals surface area contributed by atoms with Gasteiger partial charge in [0.25, 0.3) is 0 Å². The number of carboxylic acids is 6. The monoisotopic (exact) mass is 1800 g/mol. The number of aliphatic hydroxyl groups excluding tert-OH is 10. The van der Waals surface area contributed by atoms with Crippen molar-refractivity contribution in [2.24, 2.45) is 100 Å². The molecular weight excluding hydrogens is 1660 g/mol. The number of rotatable bonds is 14. The third-order valence-corrected chi connectivity index (χ3v) is 34.4. The summed E-state index contributed by atoms with van der Waals surface area (Å²) < 4.78 is 46.8. The van der Waals surface area contributed by atoms with E-state index in [9.17, 15) is 120 Å². The van der Waals surface area contributed by atoms with Crippen LogP contribution in [-0.2, 0) is 76.3 Å². The highest BCUT2D eigenvalue weighted by atomic mass is 16.8. The molecule has 12 fully saturated rings. The van der Waals surface area contributed by atoms with Gasteiger partial charge in [-0.05, 0) is 219 Å². The fourth-order valence-corrected chi connectivity index (χ4v) is 26.7. The maximum absolute atomic E-state index is 14.8. The van der Waals surface area contributed by atoms with Gasteiger partial charge in [0.2, 0.25) is 0 Å². The second kappa shape index (κ2) is 37.7. The summed E-state index contributed by atoms with van der Waals surface area (Å²) in [6.07, 6.45) is -24.5. The van der Waals surface area contributed by atoms with Crippen molar-refractivity contribution in [1.82, 2.24) is 24.6 Å². The molecule has 0 spiro atoms. The Balaban J connectivity index is 0.000000489. The highest BCUT2D eigenvalue weighted by molar-refractivity contribution is 5.96. The number of carbonyl (C=O) groups is 8.